The fraction of sp³-hybridized carbons (Fsp3) is 0.438. The Morgan fingerprint density at radius 1 is 1.38 bits per heavy atom. The van der Waals surface area contributed by atoms with Gasteiger partial charge >= 0.3 is 0 Å². The third-order valence-corrected chi connectivity index (χ3v) is 3.98. The molecule has 2 heterocycles. The molecule has 0 aliphatic carbocycles. The second-order valence-corrected chi connectivity index (χ2v) is 5.85. The van der Waals surface area contributed by atoms with Crippen LogP contribution in [0.4, 0.5) is 0 Å². The number of nitrogens with two attached hydrogens (primary N) is 1. The van der Waals surface area contributed by atoms with Crippen LogP contribution in [-0.4, -0.2) is 33.8 Å². The number of hydrogen-bond donors (Lipinski definition) is 1. The van der Waals surface area contributed by atoms with Crippen LogP contribution in [0.5, 0.6) is 0 Å². The molecule has 0 radical (unpaired) electrons. The second kappa shape index (κ2) is 6.60. The molecule has 2 N–H and O–H groups in total. The predicted octanol–water partition coefficient (Wildman–Crippen LogP) is 2.35. The Morgan fingerprint density at radius 3 is 2.81 bits per heavy atom. The van der Waals surface area contributed by atoms with Crippen molar-refractivity contribution in [3.8, 4) is 11.1 Å². The molecule has 0 unspecified atom stereocenters. The first-order chi connectivity index (χ1) is 9.61. The van der Waals surface area contributed by atoms with E-state index >= 15 is 0 Å². The van der Waals surface area contributed by atoms with Crippen LogP contribution >= 0.6 is 12.4 Å². The number of halogens is 1. The third-order valence-electron chi connectivity index (χ3n) is 3.98. The summed E-state index contributed by atoms with van der Waals surface area (Å²) in [6.45, 7) is 5.20. The van der Waals surface area contributed by atoms with Crippen molar-refractivity contribution in [2.75, 3.05) is 13.1 Å². The van der Waals surface area contributed by atoms with Gasteiger partial charge in [0.05, 0.1) is 6.20 Å². The summed E-state index contributed by atoms with van der Waals surface area (Å²) in [7, 11) is 1.96. The topological polar surface area (TPSA) is 47.1 Å². The summed E-state index contributed by atoms with van der Waals surface area (Å²) < 4.78 is 1.85. The monoisotopic (exact) mass is 306 g/mol. The lowest BCUT2D eigenvalue weighted by atomic mass is 9.99. The molecular weight excluding hydrogens is 284 g/mol. The summed E-state index contributed by atoms with van der Waals surface area (Å²) in [5.74, 6) is 0. The third kappa shape index (κ3) is 3.64. The number of nitrogens with zero attached hydrogens (tertiary/aromatic N) is 3. The van der Waals surface area contributed by atoms with E-state index in [1.165, 1.54) is 22.3 Å². The molecule has 114 valence electrons. The molecule has 1 aromatic heterocycles. The Bertz CT molecular complexity index is 608. The lowest BCUT2D eigenvalue weighted by Gasteiger charge is -2.18. The van der Waals surface area contributed by atoms with Crippen LogP contribution in [0.2, 0.25) is 0 Å². The molecule has 5 heteroatoms. The van der Waals surface area contributed by atoms with Crippen LogP contribution in [-0.2, 0) is 13.6 Å². The zero-order chi connectivity index (χ0) is 14.1. The van der Waals surface area contributed by atoms with Crippen molar-refractivity contribution in [3.05, 3.63) is 41.7 Å². The highest BCUT2D eigenvalue weighted by Gasteiger charge is 2.20. The van der Waals surface area contributed by atoms with Crippen molar-refractivity contribution < 1.29 is 0 Å². The van der Waals surface area contributed by atoms with Gasteiger partial charge in [0, 0.05) is 44.5 Å². The maximum Gasteiger partial charge on any atom is 0.0568 e. The zero-order valence-corrected chi connectivity index (χ0v) is 13.4. The van der Waals surface area contributed by atoms with Crippen molar-refractivity contribution in [2.45, 2.75) is 25.9 Å². The number of rotatable bonds is 3. The zero-order valence-electron chi connectivity index (χ0n) is 12.6. The quantitative estimate of drug-likeness (QED) is 0.947. The van der Waals surface area contributed by atoms with Gasteiger partial charge in [-0.05, 0) is 24.5 Å². The molecule has 2 aromatic rings. The lowest BCUT2D eigenvalue weighted by Crippen LogP contribution is -2.26. The van der Waals surface area contributed by atoms with E-state index in [2.05, 4.69) is 41.3 Å². The molecule has 0 bridgehead atoms. The first-order valence-electron chi connectivity index (χ1n) is 7.18. The molecule has 21 heavy (non-hydrogen) atoms. The summed E-state index contributed by atoms with van der Waals surface area (Å²) in [6, 6.07) is 7.01. The van der Waals surface area contributed by atoms with E-state index in [1.807, 2.05) is 17.9 Å². The van der Waals surface area contributed by atoms with Crippen LogP contribution in [0, 0.1) is 6.92 Å². The normalized spacial score (nSPS) is 18.7. The SMILES string of the molecule is Cc1ccc(CN2CC[C@H](N)C2)c(-c2cnn(C)c2)c1.Cl. The highest BCUT2D eigenvalue weighted by Crippen LogP contribution is 2.26. The van der Waals surface area contributed by atoms with Gasteiger partial charge in [0.25, 0.3) is 0 Å². The Labute approximate surface area is 132 Å². The Kier molecular flexibility index (Phi) is 5.04. The van der Waals surface area contributed by atoms with E-state index in [0.29, 0.717) is 6.04 Å². The lowest BCUT2D eigenvalue weighted by molar-refractivity contribution is 0.327. The van der Waals surface area contributed by atoms with Gasteiger partial charge < -0.3 is 5.73 Å². The molecule has 3 rings (SSSR count). The van der Waals surface area contributed by atoms with Gasteiger partial charge in [0.15, 0.2) is 0 Å². The Morgan fingerprint density at radius 2 is 2.19 bits per heavy atom. The summed E-state index contributed by atoms with van der Waals surface area (Å²) in [6.07, 6.45) is 5.12. The van der Waals surface area contributed by atoms with Gasteiger partial charge in [-0.2, -0.15) is 5.10 Å². The number of likely N-dealkylation sites (tertiary alicyclic amines) is 1. The number of hydrogen-bond acceptors (Lipinski definition) is 3. The van der Waals surface area contributed by atoms with Crippen LogP contribution < -0.4 is 5.73 Å². The fourth-order valence-corrected chi connectivity index (χ4v) is 2.90. The van der Waals surface area contributed by atoms with Gasteiger partial charge in [0.1, 0.15) is 0 Å². The fourth-order valence-electron chi connectivity index (χ4n) is 2.90. The van der Waals surface area contributed by atoms with Crippen molar-refractivity contribution in [3.63, 3.8) is 0 Å². The standard InChI is InChI=1S/C16H22N4.ClH/c1-12-3-4-13(10-20-6-5-15(17)11-20)16(7-12)14-8-18-19(2)9-14;/h3-4,7-9,15H,5-6,10-11,17H2,1-2H3;1H/t15-;/m0./s1. The summed E-state index contributed by atoms with van der Waals surface area (Å²) in [5, 5.41) is 4.29. The summed E-state index contributed by atoms with van der Waals surface area (Å²) >= 11 is 0. The highest BCUT2D eigenvalue weighted by molar-refractivity contribution is 5.85. The molecule has 0 spiro atoms. The van der Waals surface area contributed by atoms with Gasteiger partial charge in [-0.15, -0.1) is 12.4 Å². The van der Waals surface area contributed by atoms with Crippen LogP contribution in [0.25, 0.3) is 11.1 Å². The molecule has 1 atom stereocenters. The molecule has 0 saturated carbocycles. The molecule has 1 fully saturated rings. The van der Waals surface area contributed by atoms with E-state index in [4.69, 9.17) is 5.73 Å². The van der Waals surface area contributed by atoms with Crippen molar-refractivity contribution >= 4 is 12.4 Å². The maximum atomic E-state index is 6.00. The number of aryl methyl sites for hydroxylation is 2. The molecule has 1 aromatic carbocycles. The minimum absolute atomic E-state index is 0. The van der Waals surface area contributed by atoms with Crippen LogP contribution in [0.1, 0.15) is 17.5 Å². The molecule has 1 aliphatic rings. The number of benzene rings is 1. The minimum atomic E-state index is 0. The molecule has 0 amide bonds. The maximum absolute atomic E-state index is 6.00. The average Bonchev–Trinajstić information content (AvgIpc) is 3.01. The van der Waals surface area contributed by atoms with E-state index in [9.17, 15) is 0 Å². The van der Waals surface area contributed by atoms with Gasteiger partial charge in [-0.1, -0.05) is 23.8 Å². The van der Waals surface area contributed by atoms with Crippen molar-refractivity contribution in [1.29, 1.82) is 0 Å². The summed E-state index contributed by atoms with van der Waals surface area (Å²) in [5.41, 5.74) is 11.1. The molecule has 1 saturated heterocycles. The average molecular weight is 307 g/mol. The first kappa shape index (κ1) is 16.0. The molecule has 4 nitrogen and oxygen atoms in total. The Hall–Kier alpha value is -1.36. The second-order valence-electron chi connectivity index (χ2n) is 5.85. The van der Waals surface area contributed by atoms with E-state index in [0.717, 1.165) is 26.1 Å². The smallest absolute Gasteiger partial charge is 0.0568 e. The van der Waals surface area contributed by atoms with E-state index in [-0.39, 0.29) is 12.4 Å². The number of aromatic nitrogens is 2. The van der Waals surface area contributed by atoms with Crippen molar-refractivity contribution in [1.82, 2.24) is 14.7 Å². The van der Waals surface area contributed by atoms with E-state index in [1.54, 1.807) is 0 Å². The van der Waals surface area contributed by atoms with Crippen molar-refractivity contribution in [2.24, 2.45) is 12.8 Å². The highest BCUT2D eigenvalue weighted by atomic mass is 35.5. The van der Waals surface area contributed by atoms with Crippen LogP contribution in [0.15, 0.2) is 30.6 Å². The van der Waals surface area contributed by atoms with E-state index < -0.39 is 0 Å². The van der Waals surface area contributed by atoms with Gasteiger partial charge in [-0.3, -0.25) is 9.58 Å². The largest absolute Gasteiger partial charge is 0.326 e. The minimum Gasteiger partial charge on any atom is -0.326 e. The van der Waals surface area contributed by atoms with Gasteiger partial charge in [-0.25, -0.2) is 0 Å². The van der Waals surface area contributed by atoms with Gasteiger partial charge in [0.2, 0.25) is 0 Å². The van der Waals surface area contributed by atoms with Crippen LogP contribution in [0.3, 0.4) is 0 Å². The summed E-state index contributed by atoms with van der Waals surface area (Å²) in [4.78, 5) is 2.44. The predicted molar refractivity (Wildman–Crippen MR) is 88.5 cm³/mol. The molecular formula is C16H23ClN4. The molecule has 1 aliphatic heterocycles. The first-order valence-corrected chi connectivity index (χ1v) is 7.18. The Balaban J connectivity index is 0.00000161.